The minimum absolute atomic E-state index is 0.183. The van der Waals surface area contributed by atoms with Crippen LogP contribution in [0.15, 0.2) is 59.2 Å². The highest BCUT2D eigenvalue weighted by Gasteiger charge is 2.08. The fourth-order valence-electron chi connectivity index (χ4n) is 2.76. The van der Waals surface area contributed by atoms with Crippen molar-refractivity contribution in [3.05, 3.63) is 70.3 Å². The molecule has 108 valence electrons. The lowest BCUT2D eigenvalue weighted by Crippen LogP contribution is -2.17. The summed E-state index contributed by atoms with van der Waals surface area (Å²) in [5.74, 6) is 0. The zero-order valence-electron chi connectivity index (χ0n) is 12.1. The minimum atomic E-state index is 0.183. The van der Waals surface area contributed by atoms with Crippen LogP contribution in [0.2, 0.25) is 0 Å². The summed E-state index contributed by atoms with van der Waals surface area (Å²) in [5.41, 5.74) is 9.83. The van der Waals surface area contributed by atoms with E-state index >= 15 is 0 Å². The summed E-state index contributed by atoms with van der Waals surface area (Å²) in [7, 11) is 0. The summed E-state index contributed by atoms with van der Waals surface area (Å²) >= 11 is 3.62. The average molecular weight is 343 g/mol. The van der Waals surface area contributed by atoms with Crippen molar-refractivity contribution < 1.29 is 0 Å². The van der Waals surface area contributed by atoms with Crippen molar-refractivity contribution in [1.82, 2.24) is 4.57 Å². The summed E-state index contributed by atoms with van der Waals surface area (Å²) in [4.78, 5) is 0. The van der Waals surface area contributed by atoms with Crippen LogP contribution in [0, 0.1) is 0 Å². The number of halogens is 1. The fraction of sp³-hybridized carbons (Fsp3) is 0.222. The van der Waals surface area contributed by atoms with Gasteiger partial charge in [0.2, 0.25) is 0 Å². The number of nitrogens with two attached hydrogens (primary N) is 1. The Morgan fingerprint density at radius 2 is 1.81 bits per heavy atom. The third-order valence-corrected chi connectivity index (χ3v) is 4.52. The summed E-state index contributed by atoms with van der Waals surface area (Å²) in [5, 5.41) is 1.31. The zero-order chi connectivity index (χ0) is 14.8. The summed E-state index contributed by atoms with van der Waals surface area (Å²) < 4.78 is 3.44. The molecule has 0 aliphatic heterocycles. The van der Waals surface area contributed by atoms with Crippen LogP contribution in [-0.2, 0) is 13.0 Å². The number of hydrogen-bond acceptors (Lipinski definition) is 1. The Labute approximate surface area is 133 Å². The molecule has 3 rings (SSSR count). The number of hydrogen-bond donors (Lipinski definition) is 1. The van der Waals surface area contributed by atoms with E-state index in [1.165, 1.54) is 22.0 Å². The molecule has 0 aliphatic carbocycles. The van der Waals surface area contributed by atoms with E-state index in [0.29, 0.717) is 0 Å². The molecule has 0 saturated heterocycles. The molecule has 1 unspecified atom stereocenters. The molecular formula is C18H19BrN2. The molecule has 0 amide bonds. The molecule has 1 heterocycles. The summed E-state index contributed by atoms with van der Waals surface area (Å²) in [6.45, 7) is 2.92. The third kappa shape index (κ3) is 3.04. The molecule has 0 spiro atoms. The van der Waals surface area contributed by atoms with Crippen LogP contribution in [0.3, 0.4) is 0 Å². The molecule has 1 atom stereocenters. The normalized spacial score (nSPS) is 12.7. The van der Waals surface area contributed by atoms with Crippen LogP contribution in [0.4, 0.5) is 0 Å². The second kappa shape index (κ2) is 6.04. The van der Waals surface area contributed by atoms with Gasteiger partial charge in [-0.3, -0.25) is 0 Å². The molecular weight excluding hydrogens is 324 g/mol. The Hall–Kier alpha value is -1.58. The smallest absolute Gasteiger partial charge is 0.0487 e. The van der Waals surface area contributed by atoms with E-state index in [4.69, 9.17) is 5.73 Å². The quantitative estimate of drug-likeness (QED) is 0.751. The van der Waals surface area contributed by atoms with Crippen molar-refractivity contribution >= 4 is 26.8 Å². The van der Waals surface area contributed by atoms with Crippen molar-refractivity contribution in [2.75, 3.05) is 0 Å². The van der Waals surface area contributed by atoms with Crippen molar-refractivity contribution in [1.29, 1.82) is 0 Å². The predicted octanol–water partition coefficient (Wildman–Crippen LogP) is 4.34. The van der Waals surface area contributed by atoms with E-state index in [2.05, 4.69) is 76.1 Å². The molecule has 3 heteroatoms. The van der Waals surface area contributed by atoms with E-state index in [-0.39, 0.29) is 6.04 Å². The average Bonchev–Trinajstić information content (AvgIpc) is 2.85. The van der Waals surface area contributed by atoms with Crippen LogP contribution >= 0.6 is 15.9 Å². The summed E-state index contributed by atoms with van der Waals surface area (Å²) in [6.07, 6.45) is 3.07. The molecule has 1 aromatic heterocycles. The highest BCUT2D eigenvalue weighted by molar-refractivity contribution is 9.10. The Balaban J connectivity index is 1.99. The van der Waals surface area contributed by atoms with Gasteiger partial charge >= 0.3 is 0 Å². The molecule has 3 aromatic rings. The minimum Gasteiger partial charge on any atom is -0.343 e. The van der Waals surface area contributed by atoms with Crippen molar-refractivity contribution in [2.24, 2.45) is 5.73 Å². The van der Waals surface area contributed by atoms with Crippen LogP contribution in [0.25, 0.3) is 10.9 Å². The monoisotopic (exact) mass is 342 g/mol. The second-order valence-corrected chi connectivity index (χ2v) is 6.42. The second-order valence-electron chi connectivity index (χ2n) is 5.57. The number of aromatic nitrogens is 1. The first-order valence-electron chi connectivity index (χ1n) is 7.21. The van der Waals surface area contributed by atoms with Crippen LogP contribution in [-0.4, -0.2) is 10.6 Å². The van der Waals surface area contributed by atoms with Crippen LogP contribution < -0.4 is 5.73 Å². The molecule has 0 fully saturated rings. The van der Waals surface area contributed by atoms with Gasteiger partial charge in [0, 0.05) is 34.2 Å². The van der Waals surface area contributed by atoms with Gasteiger partial charge in [-0.05, 0) is 42.7 Å². The number of benzene rings is 2. The number of nitrogens with zero attached hydrogens (tertiary/aromatic N) is 1. The van der Waals surface area contributed by atoms with E-state index < -0.39 is 0 Å². The Morgan fingerprint density at radius 1 is 1.05 bits per heavy atom. The number of rotatable bonds is 4. The van der Waals surface area contributed by atoms with Gasteiger partial charge in [0.25, 0.3) is 0 Å². The lowest BCUT2D eigenvalue weighted by molar-refractivity contribution is 0.741. The van der Waals surface area contributed by atoms with Gasteiger partial charge in [-0.1, -0.05) is 46.3 Å². The highest BCUT2D eigenvalue weighted by atomic mass is 79.9. The first-order chi connectivity index (χ1) is 10.1. The standard InChI is InChI=1S/C18H19BrN2/c1-13(20)11-14-6-4-8-18-16(14)9-10-21(18)12-15-5-2-3-7-17(15)19/h2-10,13H,11-12,20H2,1H3. The van der Waals surface area contributed by atoms with Crippen LogP contribution in [0.5, 0.6) is 0 Å². The van der Waals surface area contributed by atoms with Gasteiger partial charge < -0.3 is 10.3 Å². The van der Waals surface area contributed by atoms with Crippen LogP contribution in [0.1, 0.15) is 18.1 Å². The predicted molar refractivity (Wildman–Crippen MR) is 92.5 cm³/mol. The molecule has 2 nitrogen and oxygen atoms in total. The van der Waals surface area contributed by atoms with E-state index in [1.807, 2.05) is 6.07 Å². The first-order valence-corrected chi connectivity index (χ1v) is 8.00. The Bertz CT molecular complexity index is 759. The molecule has 2 N–H and O–H groups in total. The summed E-state index contributed by atoms with van der Waals surface area (Å²) in [6, 6.07) is 17.2. The molecule has 2 aromatic carbocycles. The topological polar surface area (TPSA) is 30.9 Å². The SMILES string of the molecule is CC(N)Cc1cccc2c1ccn2Cc1ccccc1Br. The van der Waals surface area contributed by atoms with E-state index in [0.717, 1.165) is 17.4 Å². The van der Waals surface area contributed by atoms with E-state index in [9.17, 15) is 0 Å². The lowest BCUT2D eigenvalue weighted by Gasteiger charge is -2.10. The number of fused-ring (bicyclic) bond motifs is 1. The van der Waals surface area contributed by atoms with Gasteiger partial charge in [-0.2, -0.15) is 0 Å². The zero-order valence-corrected chi connectivity index (χ0v) is 13.7. The van der Waals surface area contributed by atoms with Crippen molar-refractivity contribution in [3.63, 3.8) is 0 Å². The van der Waals surface area contributed by atoms with Gasteiger partial charge in [0.05, 0.1) is 0 Å². The van der Waals surface area contributed by atoms with Gasteiger partial charge in [0.1, 0.15) is 0 Å². The maximum Gasteiger partial charge on any atom is 0.0487 e. The largest absolute Gasteiger partial charge is 0.343 e. The maximum atomic E-state index is 5.95. The van der Waals surface area contributed by atoms with Gasteiger partial charge in [0.15, 0.2) is 0 Å². The molecule has 0 aliphatic rings. The maximum absolute atomic E-state index is 5.95. The lowest BCUT2D eigenvalue weighted by atomic mass is 10.0. The Morgan fingerprint density at radius 3 is 2.57 bits per heavy atom. The molecule has 0 radical (unpaired) electrons. The highest BCUT2D eigenvalue weighted by Crippen LogP contribution is 2.24. The molecule has 0 saturated carbocycles. The van der Waals surface area contributed by atoms with Crippen molar-refractivity contribution in [2.45, 2.75) is 25.9 Å². The molecule has 21 heavy (non-hydrogen) atoms. The van der Waals surface area contributed by atoms with Gasteiger partial charge in [-0.25, -0.2) is 0 Å². The third-order valence-electron chi connectivity index (χ3n) is 3.74. The van der Waals surface area contributed by atoms with Crippen molar-refractivity contribution in [3.8, 4) is 0 Å². The fourth-order valence-corrected chi connectivity index (χ4v) is 3.17. The first kappa shape index (κ1) is 14.4. The van der Waals surface area contributed by atoms with E-state index in [1.54, 1.807) is 0 Å². The molecule has 0 bridgehead atoms. The Kier molecular flexibility index (Phi) is 4.13. The van der Waals surface area contributed by atoms with Gasteiger partial charge in [-0.15, -0.1) is 0 Å².